The monoisotopic (exact) mass is 411 g/mol. The highest BCUT2D eigenvalue weighted by Crippen LogP contribution is 2.28. The van der Waals surface area contributed by atoms with Crippen molar-refractivity contribution in [1.29, 1.82) is 0 Å². The smallest absolute Gasteiger partial charge is 0.326 e. The molecular weight excluding hydrogens is 397 g/mol. The molecule has 5 nitrogen and oxygen atoms in total. The van der Waals surface area contributed by atoms with E-state index in [1.165, 1.54) is 13.2 Å². The van der Waals surface area contributed by atoms with Crippen LogP contribution in [0.3, 0.4) is 0 Å². The normalized spacial score (nSPS) is 12.1. The van der Waals surface area contributed by atoms with Gasteiger partial charge in [-0.15, -0.1) is 0 Å². The maximum absolute atomic E-state index is 12.2. The first-order chi connectivity index (χ1) is 9.27. The molecule has 0 spiro atoms. The summed E-state index contributed by atoms with van der Waals surface area (Å²) in [6.07, 6.45) is 0. The highest BCUT2D eigenvalue weighted by atomic mass is 127. The first-order valence-electron chi connectivity index (χ1n) is 5.84. The number of rotatable bonds is 5. The van der Waals surface area contributed by atoms with Gasteiger partial charge in [0.2, 0.25) is 0 Å². The molecule has 0 aromatic heterocycles. The third-order valence-electron chi connectivity index (χ3n) is 2.71. The zero-order chi connectivity index (χ0) is 15.4. The Bertz CT molecular complexity index is 533. The van der Waals surface area contributed by atoms with Crippen LogP contribution in [0.5, 0.6) is 5.75 Å². The van der Waals surface area contributed by atoms with Crippen molar-refractivity contribution in [2.75, 3.05) is 7.11 Å². The molecule has 0 saturated carbocycles. The van der Waals surface area contributed by atoms with Gasteiger partial charge in [-0.2, -0.15) is 0 Å². The molecule has 0 radical (unpaired) electrons. The molecule has 0 bridgehead atoms. The van der Waals surface area contributed by atoms with Crippen molar-refractivity contribution in [2.24, 2.45) is 5.92 Å². The van der Waals surface area contributed by atoms with Crippen molar-refractivity contribution in [1.82, 2.24) is 5.32 Å². The summed E-state index contributed by atoms with van der Waals surface area (Å²) in [5.74, 6) is -1.49. The molecule has 1 amide bonds. The molecule has 2 N–H and O–H groups in total. The number of hydrogen-bond donors (Lipinski definition) is 2. The molecule has 20 heavy (non-hydrogen) atoms. The summed E-state index contributed by atoms with van der Waals surface area (Å²) < 4.78 is 5.88. The lowest BCUT2D eigenvalue weighted by atomic mass is 10.0. The Morgan fingerprint density at radius 2 is 2.00 bits per heavy atom. The zero-order valence-corrected chi connectivity index (χ0v) is 14.2. The summed E-state index contributed by atoms with van der Waals surface area (Å²) >= 11 is 8.01. The van der Waals surface area contributed by atoms with Crippen molar-refractivity contribution in [2.45, 2.75) is 19.9 Å². The van der Waals surface area contributed by atoms with Crippen LogP contribution in [0.2, 0.25) is 5.02 Å². The fraction of sp³-hybridized carbons (Fsp3) is 0.385. The van der Waals surface area contributed by atoms with Crippen LogP contribution in [0.15, 0.2) is 12.1 Å². The Morgan fingerprint density at radius 3 is 2.45 bits per heavy atom. The van der Waals surface area contributed by atoms with E-state index in [9.17, 15) is 9.59 Å². The quantitative estimate of drug-likeness (QED) is 0.731. The van der Waals surface area contributed by atoms with E-state index >= 15 is 0 Å². The molecule has 1 aromatic rings. The molecule has 0 aliphatic heterocycles. The maximum Gasteiger partial charge on any atom is 0.326 e. The third-order valence-corrected chi connectivity index (χ3v) is 4.23. The molecule has 7 heteroatoms. The number of carboxylic acid groups (broad SMARTS) is 1. The Morgan fingerprint density at radius 1 is 1.40 bits per heavy atom. The van der Waals surface area contributed by atoms with Gasteiger partial charge in [-0.3, -0.25) is 4.79 Å². The predicted molar refractivity (Wildman–Crippen MR) is 84.4 cm³/mol. The van der Waals surface area contributed by atoms with Crippen LogP contribution < -0.4 is 10.1 Å². The number of carbonyl (C=O) groups excluding carboxylic acids is 1. The van der Waals surface area contributed by atoms with E-state index in [2.05, 4.69) is 5.32 Å². The molecule has 1 atom stereocenters. The lowest BCUT2D eigenvalue weighted by Gasteiger charge is -2.19. The van der Waals surface area contributed by atoms with E-state index in [1.807, 2.05) is 22.6 Å². The molecule has 0 aliphatic carbocycles. The fourth-order valence-corrected chi connectivity index (χ4v) is 2.21. The van der Waals surface area contributed by atoms with Crippen molar-refractivity contribution >= 4 is 46.1 Å². The first-order valence-corrected chi connectivity index (χ1v) is 7.30. The van der Waals surface area contributed by atoms with Gasteiger partial charge in [0.15, 0.2) is 0 Å². The number of ether oxygens (including phenoxy) is 1. The number of aliphatic carboxylic acids is 1. The van der Waals surface area contributed by atoms with Crippen molar-refractivity contribution in [3.8, 4) is 5.75 Å². The van der Waals surface area contributed by atoms with Crippen LogP contribution >= 0.6 is 34.2 Å². The number of nitrogens with one attached hydrogen (secondary N) is 1. The van der Waals surface area contributed by atoms with Gasteiger partial charge in [0.05, 0.1) is 17.7 Å². The standard InChI is InChI=1S/C13H15ClINO4/c1-6(2)11(13(18)19)16-12(17)7-4-8(14)9(15)5-10(7)20-3/h4-6,11H,1-3H3,(H,16,17)(H,18,19)/t11-/m1/s1. The van der Waals surface area contributed by atoms with Gasteiger partial charge in [0.1, 0.15) is 11.8 Å². The molecule has 0 saturated heterocycles. The van der Waals surface area contributed by atoms with Crippen molar-refractivity contribution < 1.29 is 19.4 Å². The zero-order valence-electron chi connectivity index (χ0n) is 11.2. The average molecular weight is 412 g/mol. The lowest BCUT2D eigenvalue weighted by molar-refractivity contribution is -0.140. The fourth-order valence-electron chi connectivity index (χ4n) is 1.61. The summed E-state index contributed by atoms with van der Waals surface area (Å²) in [6, 6.07) is 2.13. The van der Waals surface area contributed by atoms with Crippen LogP contribution in [0.25, 0.3) is 0 Å². The summed E-state index contributed by atoms with van der Waals surface area (Å²) in [5.41, 5.74) is 0.213. The number of carbonyl (C=O) groups is 2. The van der Waals surface area contributed by atoms with Crippen molar-refractivity contribution in [3.05, 3.63) is 26.3 Å². The van der Waals surface area contributed by atoms with Crippen LogP contribution in [0.1, 0.15) is 24.2 Å². The molecule has 0 heterocycles. The summed E-state index contributed by atoms with van der Waals surface area (Å²) in [5, 5.41) is 12.0. The molecule has 1 aromatic carbocycles. The van der Waals surface area contributed by atoms with E-state index in [-0.39, 0.29) is 11.5 Å². The minimum Gasteiger partial charge on any atom is -0.496 e. The topological polar surface area (TPSA) is 75.6 Å². The predicted octanol–water partition coefficient (Wildman–Crippen LogP) is 2.79. The maximum atomic E-state index is 12.2. The third kappa shape index (κ3) is 3.99. The van der Waals surface area contributed by atoms with Crippen molar-refractivity contribution in [3.63, 3.8) is 0 Å². The minimum absolute atomic E-state index is 0.213. The highest BCUT2D eigenvalue weighted by molar-refractivity contribution is 14.1. The summed E-state index contributed by atoms with van der Waals surface area (Å²) in [7, 11) is 1.44. The Labute approximate surface area is 135 Å². The first kappa shape index (κ1) is 17.0. The van der Waals surface area contributed by atoms with E-state index in [0.717, 1.165) is 3.57 Å². The second-order valence-corrected chi connectivity index (χ2v) is 6.07. The van der Waals surface area contributed by atoms with Gasteiger partial charge in [0.25, 0.3) is 5.91 Å². The van der Waals surface area contributed by atoms with Crippen LogP contribution in [-0.2, 0) is 4.79 Å². The average Bonchev–Trinajstić information content (AvgIpc) is 2.37. The van der Waals surface area contributed by atoms with Gasteiger partial charge in [-0.25, -0.2) is 4.79 Å². The molecule has 0 aliphatic rings. The van der Waals surface area contributed by atoms with Crippen LogP contribution in [0.4, 0.5) is 0 Å². The number of carboxylic acids is 1. The molecule has 0 unspecified atom stereocenters. The van der Waals surface area contributed by atoms with Gasteiger partial charge in [-0.05, 0) is 40.6 Å². The van der Waals surface area contributed by atoms with E-state index in [4.69, 9.17) is 21.4 Å². The highest BCUT2D eigenvalue weighted by Gasteiger charge is 2.25. The van der Waals surface area contributed by atoms with Gasteiger partial charge >= 0.3 is 5.97 Å². The minimum atomic E-state index is -1.08. The Kier molecular flexibility index (Phi) is 6.07. The molecular formula is C13H15ClINO4. The van der Waals surface area contributed by atoms with E-state index in [0.29, 0.717) is 10.8 Å². The number of hydrogen-bond acceptors (Lipinski definition) is 3. The van der Waals surface area contributed by atoms with Gasteiger partial charge in [-0.1, -0.05) is 25.4 Å². The molecule has 0 fully saturated rings. The SMILES string of the molecule is COc1cc(I)c(Cl)cc1C(=O)N[C@@H](C(=O)O)C(C)C. The van der Waals surface area contributed by atoms with Gasteiger partial charge < -0.3 is 15.2 Å². The number of halogens is 2. The largest absolute Gasteiger partial charge is 0.496 e. The van der Waals surface area contributed by atoms with E-state index in [1.54, 1.807) is 19.9 Å². The Hall–Kier alpha value is -1.02. The second-order valence-electron chi connectivity index (χ2n) is 4.50. The van der Waals surface area contributed by atoms with Crippen LogP contribution in [0, 0.1) is 9.49 Å². The van der Waals surface area contributed by atoms with Crippen LogP contribution in [-0.4, -0.2) is 30.1 Å². The molecule has 1 rings (SSSR count). The second kappa shape index (κ2) is 7.12. The van der Waals surface area contributed by atoms with E-state index < -0.39 is 17.9 Å². The summed E-state index contributed by atoms with van der Waals surface area (Å²) in [6.45, 7) is 3.44. The van der Waals surface area contributed by atoms with Gasteiger partial charge in [0, 0.05) is 3.57 Å². The number of methoxy groups -OCH3 is 1. The summed E-state index contributed by atoms with van der Waals surface area (Å²) in [4.78, 5) is 23.3. The molecule has 110 valence electrons. The number of amides is 1. The Balaban J connectivity index is 3.08. The number of benzene rings is 1. The lowest BCUT2D eigenvalue weighted by Crippen LogP contribution is -2.44.